The highest BCUT2D eigenvalue weighted by Crippen LogP contribution is 2.46. The Morgan fingerprint density at radius 3 is 2.83 bits per heavy atom. The van der Waals surface area contributed by atoms with E-state index in [2.05, 4.69) is 11.0 Å². The minimum absolute atomic E-state index is 0.00546. The maximum atomic E-state index is 11.8. The number of hydrogen-bond donors (Lipinski definition) is 3. The summed E-state index contributed by atoms with van der Waals surface area (Å²) in [6, 6.07) is 11.1. The van der Waals surface area contributed by atoms with Crippen LogP contribution in [-0.2, 0) is 26.6 Å². The molecule has 11 heteroatoms. The van der Waals surface area contributed by atoms with Gasteiger partial charge >= 0.3 is 5.97 Å². The normalized spacial score (nSPS) is 25.0. The molecule has 40 heavy (non-hydrogen) atoms. The topological polar surface area (TPSA) is 139 Å². The van der Waals surface area contributed by atoms with Crippen LogP contribution in [0.3, 0.4) is 0 Å². The van der Waals surface area contributed by atoms with Crippen LogP contribution in [0.5, 0.6) is 5.75 Å². The Morgan fingerprint density at radius 1 is 1.27 bits per heavy atom. The first-order valence-corrected chi connectivity index (χ1v) is 15.5. The van der Waals surface area contributed by atoms with E-state index in [1.807, 2.05) is 12.1 Å². The second-order valence-corrected chi connectivity index (χ2v) is 13.0. The summed E-state index contributed by atoms with van der Waals surface area (Å²) >= 11 is 6.33. The van der Waals surface area contributed by atoms with E-state index in [9.17, 15) is 23.4 Å². The van der Waals surface area contributed by atoms with Crippen LogP contribution in [-0.4, -0.2) is 63.6 Å². The molecule has 1 saturated carbocycles. The number of carbonyl (C=O) groups is 1. The van der Waals surface area contributed by atoms with E-state index < -0.39 is 22.1 Å². The smallest absolute Gasteiger partial charge is 0.335 e. The highest BCUT2D eigenvalue weighted by Gasteiger charge is 2.44. The van der Waals surface area contributed by atoms with E-state index in [0.717, 1.165) is 43.2 Å². The van der Waals surface area contributed by atoms with Crippen LogP contribution in [0.4, 0.5) is 5.69 Å². The average Bonchev–Trinajstić information content (AvgIpc) is 3.02. The van der Waals surface area contributed by atoms with Gasteiger partial charge in [-0.2, -0.15) is 0 Å². The first kappa shape index (κ1) is 28.9. The molecule has 0 bridgehead atoms. The van der Waals surface area contributed by atoms with Crippen LogP contribution in [0, 0.1) is 11.8 Å². The number of carboxylic acid groups (broad SMARTS) is 1. The van der Waals surface area contributed by atoms with Crippen molar-refractivity contribution in [2.45, 2.75) is 43.6 Å². The molecule has 1 aliphatic heterocycles. The van der Waals surface area contributed by atoms with Gasteiger partial charge in [-0.1, -0.05) is 17.7 Å². The van der Waals surface area contributed by atoms with Gasteiger partial charge in [0.2, 0.25) is 10.0 Å². The van der Waals surface area contributed by atoms with E-state index in [4.69, 9.17) is 26.2 Å². The number of primary sulfonamides is 1. The molecular formula is C29H35ClN2O7S. The van der Waals surface area contributed by atoms with E-state index in [1.165, 1.54) is 17.2 Å². The molecule has 0 aromatic heterocycles. The van der Waals surface area contributed by atoms with E-state index in [0.29, 0.717) is 30.5 Å². The maximum absolute atomic E-state index is 11.8. The van der Waals surface area contributed by atoms with E-state index in [-0.39, 0.29) is 36.0 Å². The third-order valence-corrected chi connectivity index (χ3v) is 9.31. The molecular weight excluding hydrogens is 556 g/mol. The fraction of sp³-hybridized carbons (Fsp3) is 0.483. The number of carboxylic acids is 1. The number of ether oxygens (including phenoxy) is 2. The number of aliphatic hydroxyl groups excluding tert-OH is 1. The summed E-state index contributed by atoms with van der Waals surface area (Å²) in [6.07, 6.45) is 5.28. The van der Waals surface area contributed by atoms with Crippen LogP contribution >= 0.6 is 11.6 Å². The van der Waals surface area contributed by atoms with E-state index >= 15 is 0 Å². The Morgan fingerprint density at radius 2 is 2.10 bits per heavy atom. The van der Waals surface area contributed by atoms with Gasteiger partial charge in [-0.25, -0.2) is 18.4 Å². The third-order valence-electron chi connectivity index (χ3n) is 8.50. The molecule has 0 radical (unpaired) electrons. The molecule has 4 N–H and O–H groups in total. The van der Waals surface area contributed by atoms with Gasteiger partial charge in [0.05, 0.1) is 37.2 Å². The lowest BCUT2D eigenvalue weighted by Gasteiger charge is -2.45. The Hall–Kier alpha value is -2.63. The second-order valence-electron chi connectivity index (χ2n) is 11.2. The number of halogens is 1. The lowest BCUT2D eigenvalue weighted by molar-refractivity contribution is -0.0367. The summed E-state index contributed by atoms with van der Waals surface area (Å²) < 4.78 is 33.9. The minimum Gasteiger partial charge on any atom is -0.490 e. The van der Waals surface area contributed by atoms with Crippen molar-refractivity contribution in [2.75, 3.05) is 37.8 Å². The molecule has 2 aromatic carbocycles. The highest BCUT2D eigenvalue weighted by molar-refractivity contribution is 7.92. The fourth-order valence-electron chi connectivity index (χ4n) is 6.41. The molecule has 216 valence electrons. The number of aryl methyl sites for hydroxylation is 1. The summed E-state index contributed by atoms with van der Waals surface area (Å²) in [6.45, 7) is 1.89. The first-order valence-electron chi connectivity index (χ1n) is 13.5. The van der Waals surface area contributed by atoms with Gasteiger partial charge in [-0.15, -0.1) is 0 Å². The van der Waals surface area contributed by atoms with Gasteiger partial charge in [0.1, 0.15) is 5.75 Å². The summed E-state index contributed by atoms with van der Waals surface area (Å²) in [7, 11) is -3.71. The first-order chi connectivity index (χ1) is 19.0. The second kappa shape index (κ2) is 11.7. The number of sulfonamides is 1. The van der Waals surface area contributed by atoms with Crippen molar-refractivity contribution in [3.8, 4) is 5.75 Å². The number of nitrogens with zero attached hydrogens (tertiary/aromatic N) is 1. The monoisotopic (exact) mass is 590 g/mol. The number of hydrogen-bond acceptors (Lipinski definition) is 7. The summed E-state index contributed by atoms with van der Waals surface area (Å²) in [4.78, 5) is 14.1. The van der Waals surface area contributed by atoms with Crippen LogP contribution in [0.15, 0.2) is 47.9 Å². The SMILES string of the molecule is NS(=O)(=O)/C=C/COCC(O)[C@@H]1CC[C@H]1CN1C[C@@]2(CCCc3cc(Cl)ccc32)COc2ccc(C(=O)O)cc21. The zero-order chi connectivity index (χ0) is 28.5. The average molecular weight is 591 g/mol. The van der Waals surface area contributed by atoms with Crippen molar-refractivity contribution in [3.05, 3.63) is 69.6 Å². The van der Waals surface area contributed by atoms with Gasteiger partial charge in [0, 0.05) is 28.9 Å². The van der Waals surface area contributed by atoms with Crippen molar-refractivity contribution >= 4 is 33.3 Å². The predicted molar refractivity (Wildman–Crippen MR) is 152 cm³/mol. The Bertz CT molecular complexity index is 1400. The molecule has 1 unspecified atom stereocenters. The van der Waals surface area contributed by atoms with Gasteiger partial charge < -0.3 is 24.6 Å². The fourth-order valence-corrected chi connectivity index (χ4v) is 6.95. The maximum Gasteiger partial charge on any atom is 0.335 e. The van der Waals surface area contributed by atoms with Gasteiger partial charge in [-0.05, 0) is 91.5 Å². The number of nitrogens with two attached hydrogens (primary N) is 1. The highest BCUT2D eigenvalue weighted by atomic mass is 35.5. The van der Waals surface area contributed by atoms with Crippen molar-refractivity contribution in [1.82, 2.24) is 0 Å². The zero-order valence-corrected chi connectivity index (χ0v) is 23.7. The minimum atomic E-state index is -3.71. The largest absolute Gasteiger partial charge is 0.490 e. The standard InChI is InChI=1S/C29H35ClN2O7S/c30-22-6-8-24-19(13-22)3-1-10-29(24)17-32(25-14-20(28(34)35)5-9-27(25)39-18-29)15-21-4-7-23(21)26(33)16-38-11-2-12-40(31,36)37/h2,5-6,8-9,12-14,21,23,26,33H,1,3-4,7,10-11,15-18H2,(H,34,35)(H2,31,36,37)/b12-2+/t21-,23+,26?,29-/m0/s1. The van der Waals surface area contributed by atoms with Gasteiger partial charge in [0.15, 0.2) is 0 Å². The van der Waals surface area contributed by atoms with Gasteiger partial charge in [-0.3, -0.25) is 0 Å². The molecule has 5 rings (SSSR count). The van der Waals surface area contributed by atoms with Crippen LogP contribution in [0.1, 0.15) is 47.2 Å². The molecule has 1 fully saturated rings. The molecule has 1 spiro atoms. The van der Waals surface area contributed by atoms with Crippen LogP contribution in [0.2, 0.25) is 5.02 Å². The van der Waals surface area contributed by atoms with Crippen molar-refractivity contribution in [3.63, 3.8) is 0 Å². The molecule has 1 heterocycles. The Labute approximate surface area is 239 Å². The van der Waals surface area contributed by atoms with Crippen molar-refractivity contribution in [2.24, 2.45) is 17.0 Å². The number of aromatic carboxylic acids is 1. The Balaban J connectivity index is 1.37. The molecule has 0 amide bonds. The lowest BCUT2D eigenvalue weighted by Crippen LogP contribution is -2.50. The summed E-state index contributed by atoms with van der Waals surface area (Å²) in [5, 5.41) is 27.1. The molecule has 0 saturated heterocycles. The van der Waals surface area contributed by atoms with E-state index in [1.54, 1.807) is 18.2 Å². The third kappa shape index (κ3) is 6.31. The molecule has 9 nitrogen and oxygen atoms in total. The number of anilines is 1. The molecule has 4 atom stereocenters. The summed E-state index contributed by atoms with van der Waals surface area (Å²) in [5.74, 6) is -0.163. The van der Waals surface area contributed by atoms with Crippen molar-refractivity contribution in [1.29, 1.82) is 0 Å². The number of rotatable bonds is 9. The predicted octanol–water partition coefficient (Wildman–Crippen LogP) is 3.72. The van der Waals surface area contributed by atoms with Crippen molar-refractivity contribution < 1.29 is 32.9 Å². The lowest BCUT2D eigenvalue weighted by atomic mass is 9.68. The van der Waals surface area contributed by atoms with Gasteiger partial charge in [0.25, 0.3) is 0 Å². The molecule has 2 aromatic rings. The number of fused-ring (bicyclic) bond motifs is 3. The molecule has 2 aliphatic carbocycles. The number of aliphatic hydroxyl groups is 1. The molecule has 3 aliphatic rings. The zero-order valence-electron chi connectivity index (χ0n) is 22.2. The number of benzene rings is 2. The van der Waals surface area contributed by atoms with Crippen LogP contribution in [0.25, 0.3) is 0 Å². The summed E-state index contributed by atoms with van der Waals surface area (Å²) in [5.41, 5.74) is 3.13. The van der Waals surface area contributed by atoms with Crippen LogP contribution < -0.4 is 14.8 Å². The quantitative estimate of drug-likeness (QED) is 0.376. The Kier molecular flexibility index (Phi) is 8.45.